The Morgan fingerprint density at radius 1 is 1.19 bits per heavy atom. The van der Waals surface area contributed by atoms with Gasteiger partial charge >= 0.3 is 0 Å². The van der Waals surface area contributed by atoms with E-state index in [0.29, 0.717) is 11.4 Å². The van der Waals surface area contributed by atoms with E-state index < -0.39 is 26.9 Å². The zero-order chi connectivity index (χ0) is 22.6. The number of nitrogens with one attached hydrogen (secondary N) is 1. The molecule has 0 aliphatic heterocycles. The third-order valence-electron chi connectivity index (χ3n) is 5.11. The Morgan fingerprint density at radius 2 is 1.84 bits per heavy atom. The lowest BCUT2D eigenvalue weighted by Crippen LogP contribution is -2.45. The molecule has 0 spiro atoms. The van der Waals surface area contributed by atoms with E-state index in [1.54, 1.807) is 24.3 Å². The maximum Gasteiger partial charge on any atom is 0.271 e. The predicted molar refractivity (Wildman–Crippen MR) is 118 cm³/mol. The predicted octanol–water partition coefficient (Wildman–Crippen LogP) is 3.71. The first-order valence-electron chi connectivity index (χ1n) is 9.96. The van der Waals surface area contributed by atoms with Crippen LogP contribution in [0.4, 0.5) is 17.1 Å². The number of carbonyl (C=O) groups is 1. The van der Waals surface area contributed by atoms with E-state index in [-0.39, 0.29) is 17.5 Å². The van der Waals surface area contributed by atoms with Crippen molar-refractivity contribution in [2.24, 2.45) is 0 Å². The second kappa shape index (κ2) is 9.34. The summed E-state index contributed by atoms with van der Waals surface area (Å²) in [7, 11) is -3.89. The van der Waals surface area contributed by atoms with Crippen LogP contribution in [0.15, 0.2) is 48.5 Å². The molecule has 9 nitrogen and oxygen atoms in total. The van der Waals surface area contributed by atoms with Crippen molar-refractivity contribution in [3.05, 3.63) is 58.6 Å². The molecule has 1 fully saturated rings. The first-order valence-corrected chi connectivity index (χ1v) is 11.8. The molecular formula is C21H25N3O6S. The second-order valence-electron chi connectivity index (χ2n) is 7.55. The summed E-state index contributed by atoms with van der Waals surface area (Å²) in [4.78, 5) is 23.2. The number of hydrogen-bond donors (Lipinski definition) is 1. The van der Waals surface area contributed by atoms with Crippen LogP contribution in [0.2, 0.25) is 0 Å². The van der Waals surface area contributed by atoms with E-state index in [2.05, 4.69) is 5.32 Å². The number of ether oxygens (including phenoxy) is 1. The first kappa shape index (κ1) is 22.5. The largest absolute Gasteiger partial charge is 0.490 e. The normalized spacial score (nSPS) is 15.3. The molecule has 10 heteroatoms. The van der Waals surface area contributed by atoms with Crippen molar-refractivity contribution in [3.8, 4) is 5.75 Å². The zero-order valence-corrected chi connectivity index (χ0v) is 18.2. The molecule has 0 heterocycles. The highest BCUT2D eigenvalue weighted by Gasteiger charge is 2.30. The maximum absolute atomic E-state index is 12.8. The van der Waals surface area contributed by atoms with Gasteiger partial charge in [0.15, 0.2) is 0 Å². The summed E-state index contributed by atoms with van der Waals surface area (Å²) in [6.07, 6.45) is 5.57. The average Bonchev–Trinajstić information content (AvgIpc) is 3.21. The number of carbonyl (C=O) groups excluding carboxylic acids is 1. The van der Waals surface area contributed by atoms with Crippen molar-refractivity contribution in [2.75, 3.05) is 15.9 Å². The minimum absolute atomic E-state index is 0.0414. The van der Waals surface area contributed by atoms with Crippen LogP contribution in [0.5, 0.6) is 5.75 Å². The Bertz CT molecular complexity index is 1050. The molecule has 1 atom stereocenters. The molecule has 0 aromatic heterocycles. The summed E-state index contributed by atoms with van der Waals surface area (Å²) in [5.74, 6) is 0.147. The van der Waals surface area contributed by atoms with Crippen molar-refractivity contribution in [1.82, 2.24) is 0 Å². The molecule has 1 unspecified atom stereocenters. The molecular weight excluding hydrogens is 422 g/mol. The van der Waals surface area contributed by atoms with Crippen LogP contribution in [0, 0.1) is 10.1 Å². The molecule has 0 saturated heterocycles. The topological polar surface area (TPSA) is 119 Å². The van der Waals surface area contributed by atoms with Crippen LogP contribution in [0.25, 0.3) is 0 Å². The third kappa shape index (κ3) is 5.72. The molecule has 166 valence electrons. The fourth-order valence-electron chi connectivity index (χ4n) is 3.61. The maximum atomic E-state index is 12.8. The fraction of sp³-hybridized carbons (Fsp3) is 0.381. The molecule has 1 N–H and O–H groups in total. The number of nitrogens with zero attached hydrogens (tertiary/aromatic N) is 2. The second-order valence-corrected chi connectivity index (χ2v) is 9.41. The summed E-state index contributed by atoms with van der Waals surface area (Å²) < 4.78 is 31.5. The number of rotatable bonds is 8. The highest BCUT2D eigenvalue weighted by molar-refractivity contribution is 7.92. The zero-order valence-electron chi connectivity index (χ0n) is 17.4. The third-order valence-corrected chi connectivity index (χ3v) is 6.35. The fourth-order valence-corrected chi connectivity index (χ4v) is 4.78. The molecule has 2 aromatic rings. The highest BCUT2D eigenvalue weighted by Crippen LogP contribution is 2.27. The number of sulfonamides is 1. The van der Waals surface area contributed by atoms with Gasteiger partial charge in [-0.3, -0.25) is 19.2 Å². The molecule has 31 heavy (non-hydrogen) atoms. The average molecular weight is 448 g/mol. The summed E-state index contributed by atoms with van der Waals surface area (Å²) in [5, 5.41) is 13.7. The van der Waals surface area contributed by atoms with E-state index in [0.717, 1.165) is 42.3 Å². The minimum Gasteiger partial charge on any atom is -0.490 e. The van der Waals surface area contributed by atoms with Crippen LogP contribution < -0.4 is 14.4 Å². The molecule has 1 aliphatic carbocycles. The van der Waals surface area contributed by atoms with Crippen LogP contribution in [-0.2, 0) is 14.8 Å². The number of benzene rings is 2. The van der Waals surface area contributed by atoms with Crippen LogP contribution in [0.1, 0.15) is 32.6 Å². The number of anilines is 2. The van der Waals surface area contributed by atoms with Crippen molar-refractivity contribution in [3.63, 3.8) is 0 Å². The van der Waals surface area contributed by atoms with Gasteiger partial charge in [0.2, 0.25) is 15.9 Å². The number of nitro groups is 1. The smallest absolute Gasteiger partial charge is 0.271 e. The van der Waals surface area contributed by atoms with E-state index in [1.165, 1.54) is 25.1 Å². The van der Waals surface area contributed by atoms with Gasteiger partial charge in [0.25, 0.3) is 5.69 Å². The summed E-state index contributed by atoms with van der Waals surface area (Å²) in [6.45, 7) is 1.42. The summed E-state index contributed by atoms with van der Waals surface area (Å²) in [6, 6.07) is 10.9. The lowest BCUT2D eigenvalue weighted by atomic mass is 10.2. The summed E-state index contributed by atoms with van der Waals surface area (Å²) in [5.41, 5.74) is 0.263. The van der Waals surface area contributed by atoms with Crippen molar-refractivity contribution in [1.29, 1.82) is 0 Å². The standard InChI is InChI=1S/C21H25N3O6S/c1-15(23(31(2,28)29)17-6-5-7-18(14-17)24(26)27)21(25)22-16-10-12-20(13-11-16)30-19-8-3-4-9-19/h5-7,10-15,19H,3-4,8-9H2,1-2H3,(H,22,25). The molecule has 3 rings (SSSR count). The van der Waals surface area contributed by atoms with Gasteiger partial charge in [0, 0.05) is 17.8 Å². The Morgan fingerprint density at radius 3 is 2.42 bits per heavy atom. The number of nitro benzene ring substituents is 1. The van der Waals surface area contributed by atoms with E-state index in [4.69, 9.17) is 4.74 Å². The van der Waals surface area contributed by atoms with Crippen molar-refractivity contribution in [2.45, 2.75) is 44.8 Å². The van der Waals surface area contributed by atoms with Crippen LogP contribution in [0.3, 0.4) is 0 Å². The monoisotopic (exact) mass is 447 g/mol. The Kier molecular flexibility index (Phi) is 6.79. The van der Waals surface area contributed by atoms with Gasteiger partial charge in [-0.05, 0) is 62.9 Å². The lowest BCUT2D eigenvalue weighted by molar-refractivity contribution is -0.384. The Balaban J connectivity index is 1.74. The van der Waals surface area contributed by atoms with E-state index in [9.17, 15) is 23.3 Å². The van der Waals surface area contributed by atoms with Gasteiger partial charge in [-0.25, -0.2) is 8.42 Å². The van der Waals surface area contributed by atoms with Crippen LogP contribution in [-0.4, -0.2) is 37.6 Å². The molecule has 2 aromatic carbocycles. The molecule has 1 aliphatic rings. The number of hydrogen-bond acceptors (Lipinski definition) is 6. The van der Waals surface area contributed by atoms with Gasteiger partial charge in [-0.1, -0.05) is 6.07 Å². The minimum atomic E-state index is -3.89. The van der Waals surface area contributed by atoms with Gasteiger partial charge in [-0.2, -0.15) is 0 Å². The molecule has 1 amide bonds. The first-order chi connectivity index (χ1) is 14.6. The van der Waals surface area contributed by atoms with Crippen molar-refractivity contribution >= 4 is 33.0 Å². The van der Waals surface area contributed by atoms with Crippen LogP contribution >= 0.6 is 0 Å². The summed E-state index contributed by atoms with van der Waals surface area (Å²) >= 11 is 0. The molecule has 1 saturated carbocycles. The van der Waals surface area contributed by atoms with Gasteiger partial charge in [-0.15, -0.1) is 0 Å². The number of amides is 1. The Hall–Kier alpha value is -3.14. The molecule has 0 radical (unpaired) electrons. The van der Waals surface area contributed by atoms with E-state index in [1.807, 2.05) is 0 Å². The SMILES string of the molecule is CC(C(=O)Nc1ccc(OC2CCCC2)cc1)N(c1cccc([N+](=O)[O-])c1)S(C)(=O)=O. The number of non-ortho nitro benzene ring substituents is 1. The molecule has 0 bridgehead atoms. The Labute approximate surface area is 181 Å². The van der Waals surface area contributed by atoms with E-state index >= 15 is 0 Å². The van der Waals surface area contributed by atoms with Gasteiger partial charge < -0.3 is 10.1 Å². The lowest BCUT2D eigenvalue weighted by Gasteiger charge is -2.28. The quantitative estimate of drug-likeness (QED) is 0.487. The van der Waals surface area contributed by atoms with Gasteiger partial charge in [0.1, 0.15) is 11.8 Å². The highest BCUT2D eigenvalue weighted by atomic mass is 32.2. The van der Waals surface area contributed by atoms with Gasteiger partial charge in [0.05, 0.1) is 23.0 Å². The van der Waals surface area contributed by atoms with Crippen molar-refractivity contribution < 1.29 is 22.9 Å².